The molecule has 2 aromatic rings. The van der Waals surface area contributed by atoms with Gasteiger partial charge in [0.1, 0.15) is 0 Å². The highest BCUT2D eigenvalue weighted by Crippen LogP contribution is 2.34. The van der Waals surface area contributed by atoms with Gasteiger partial charge in [0.25, 0.3) is 0 Å². The first-order valence-corrected chi connectivity index (χ1v) is 7.24. The summed E-state index contributed by atoms with van der Waals surface area (Å²) in [5.74, 6) is 0. The molecule has 0 saturated heterocycles. The number of aliphatic hydroxyl groups excluding tert-OH is 1. The number of fused-ring (bicyclic) bond motifs is 1. The maximum absolute atomic E-state index is 10.3. The van der Waals surface area contributed by atoms with E-state index in [2.05, 4.69) is 11.2 Å². The van der Waals surface area contributed by atoms with Gasteiger partial charge in [-0.05, 0) is 43.9 Å². The first kappa shape index (κ1) is 11.9. The summed E-state index contributed by atoms with van der Waals surface area (Å²) in [6, 6.07) is 4.24. The van der Waals surface area contributed by atoms with Crippen LogP contribution in [0.3, 0.4) is 0 Å². The summed E-state index contributed by atoms with van der Waals surface area (Å²) in [6.45, 7) is 1.98. The molecule has 1 aliphatic rings. The maximum Gasteiger partial charge on any atom is 0.0937 e. The molecule has 0 aliphatic heterocycles. The number of aryl methyl sites for hydroxylation is 4. The molecule has 0 radical (unpaired) electrons. The van der Waals surface area contributed by atoms with Gasteiger partial charge in [0.2, 0.25) is 0 Å². The van der Waals surface area contributed by atoms with Crippen molar-refractivity contribution < 1.29 is 5.11 Å². The van der Waals surface area contributed by atoms with Crippen molar-refractivity contribution in [1.29, 1.82) is 0 Å². The minimum Gasteiger partial charge on any atom is -0.387 e. The van der Waals surface area contributed by atoms with Crippen molar-refractivity contribution in [2.75, 3.05) is 0 Å². The molecule has 96 valence electrons. The lowest BCUT2D eigenvalue weighted by Gasteiger charge is -2.08. The molecule has 0 saturated carbocycles. The molecule has 4 heteroatoms. The summed E-state index contributed by atoms with van der Waals surface area (Å²) in [5, 5.41) is 14.7. The molecule has 18 heavy (non-hydrogen) atoms. The summed E-state index contributed by atoms with van der Waals surface area (Å²) < 4.78 is 1.86. The third-order valence-corrected chi connectivity index (χ3v) is 4.93. The third kappa shape index (κ3) is 2.10. The van der Waals surface area contributed by atoms with Crippen LogP contribution in [0.1, 0.15) is 39.2 Å². The first-order valence-electron chi connectivity index (χ1n) is 6.42. The van der Waals surface area contributed by atoms with Gasteiger partial charge >= 0.3 is 0 Å². The number of rotatable bonds is 3. The largest absolute Gasteiger partial charge is 0.387 e. The molecule has 2 heterocycles. The SMILES string of the molecule is Cc1cc(CC(O)c2cc3c(s2)CCC3)n(C)n1. The molecular formula is C14H18N2OS. The Balaban J connectivity index is 1.78. The fraction of sp³-hybridized carbons (Fsp3) is 0.500. The number of hydrogen-bond acceptors (Lipinski definition) is 3. The van der Waals surface area contributed by atoms with E-state index in [1.807, 2.05) is 24.7 Å². The summed E-state index contributed by atoms with van der Waals surface area (Å²) in [5.41, 5.74) is 3.55. The predicted molar refractivity (Wildman–Crippen MR) is 73.0 cm³/mol. The van der Waals surface area contributed by atoms with E-state index in [9.17, 15) is 5.11 Å². The van der Waals surface area contributed by atoms with Gasteiger partial charge in [-0.15, -0.1) is 11.3 Å². The zero-order valence-electron chi connectivity index (χ0n) is 10.8. The Morgan fingerprint density at radius 3 is 2.94 bits per heavy atom. The summed E-state index contributed by atoms with van der Waals surface area (Å²) in [7, 11) is 1.93. The lowest BCUT2D eigenvalue weighted by atomic mass is 10.1. The second-order valence-corrected chi connectivity index (χ2v) is 6.24. The van der Waals surface area contributed by atoms with Crippen LogP contribution in [0.15, 0.2) is 12.1 Å². The summed E-state index contributed by atoms with van der Waals surface area (Å²) in [4.78, 5) is 2.59. The number of aromatic nitrogens is 2. The minimum absolute atomic E-state index is 0.393. The fourth-order valence-electron chi connectivity index (χ4n) is 2.67. The Hall–Kier alpha value is -1.13. The zero-order chi connectivity index (χ0) is 12.7. The maximum atomic E-state index is 10.3. The summed E-state index contributed by atoms with van der Waals surface area (Å²) >= 11 is 1.78. The van der Waals surface area contributed by atoms with Crippen LogP contribution >= 0.6 is 11.3 Å². The average molecular weight is 262 g/mol. The smallest absolute Gasteiger partial charge is 0.0937 e. The molecule has 1 unspecified atom stereocenters. The highest BCUT2D eigenvalue weighted by Gasteiger charge is 2.19. The van der Waals surface area contributed by atoms with E-state index >= 15 is 0 Å². The van der Waals surface area contributed by atoms with Crippen LogP contribution < -0.4 is 0 Å². The number of aliphatic hydroxyl groups is 1. The van der Waals surface area contributed by atoms with Gasteiger partial charge in [-0.2, -0.15) is 5.10 Å². The van der Waals surface area contributed by atoms with Crippen molar-refractivity contribution in [3.63, 3.8) is 0 Å². The molecule has 1 N–H and O–H groups in total. The van der Waals surface area contributed by atoms with E-state index in [-0.39, 0.29) is 0 Å². The molecule has 0 bridgehead atoms. The van der Waals surface area contributed by atoms with Gasteiger partial charge in [-0.25, -0.2) is 0 Å². The molecule has 2 aromatic heterocycles. The first-order chi connectivity index (χ1) is 8.63. The van der Waals surface area contributed by atoms with Gasteiger partial charge in [0.05, 0.1) is 11.8 Å². The highest BCUT2D eigenvalue weighted by molar-refractivity contribution is 7.12. The molecule has 3 rings (SSSR count). The zero-order valence-corrected chi connectivity index (χ0v) is 11.6. The van der Waals surface area contributed by atoms with Crippen molar-refractivity contribution in [2.45, 2.75) is 38.7 Å². The van der Waals surface area contributed by atoms with E-state index < -0.39 is 6.10 Å². The minimum atomic E-state index is -0.393. The van der Waals surface area contributed by atoms with E-state index in [4.69, 9.17) is 0 Å². The fourth-order valence-corrected chi connectivity index (χ4v) is 3.91. The lowest BCUT2D eigenvalue weighted by Crippen LogP contribution is -2.05. The van der Waals surface area contributed by atoms with Crippen LogP contribution in [0.4, 0.5) is 0 Å². The van der Waals surface area contributed by atoms with E-state index in [1.165, 1.54) is 29.7 Å². The Kier molecular flexibility index (Phi) is 2.99. The number of thiophene rings is 1. The monoisotopic (exact) mass is 262 g/mol. The standard InChI is InChI=1S/C14H18N2OS/c1-9-6-11(16(2)15-9)8-12(17)14-7-10-4-3-5-13(10)18-14/h6-7,12,17H,3-5,8H2,1-2H3. The van der Waals surface area contributed by atoms with E-state index in [1.54, 1.807) is 11.3 Å². The Morgan fingerprint density at radius 1 is 1.44 bits per heavy atom. The van der Waals surface area contributed by atoms with E-state index in [0.29, 0.717) is 6.42 Å². The Labute approximate surface area is 111 Å². The van der Waals surface area contributed by atoms with E-state index in [0.717, 1.165) is 16.3 Å². The van der Waals surface area contributed by atoms with Crippen molar-refractivity contribution in [2.24, 2.45) is 7.05 Å². The lowest BCUT2D eigenvalue weighted by molar-refractivity contribution is 0.179. The van der Waals surface area contributed by atoms with Crippen LogP contribution in [-0.2, 0) is 26.3 Å². The van der Waals surface area contributed by atoms with Crippen molar-refractivity contribution in [1.82, 2.24) is 9.78 Å². The molecular weight excluding hydrogens is 244 g/mol. The molecule has 0 fully saturated rings. The van der Waals surface area contributed by atoms with Gasteiger partial charge in [-0.1, -0.05) is 0 Å². The second-order valence-electron chi connectivity index (χ2n) is 5.07. The van der Waals surface area contributed by atoms with Gasteiger partial charge in [0, 0.05) is 28.9 Å². The van der Waals surface area contributed by atoms with Crippen LogP contribution in [0.5, 0.6) is 0 Å². The molecule has 0 aromatic carbocycles. The molecule has 0 spiro atoms. The van der Waals surface area contributed by atoms with Crippen LogP contribution in [0.2, 0.25) is 0 Å². The van der Waals surface area contributed by atoms with Gasteiger partial charge in [-0.3, -0.25) is 4.68 Å². The van der Waals surface area contributed by atoms with Crippen LogP contribution in [0.25, 0.3) is 0 Å². The average Bonchev–Trinajstić information content (AvgIpc) is 2.93. The number of hydrogen-bond donors (Lipinski definition) is 1. The Morgan fingerprint density at radius 2 is 2.28 bits per heavy atom. The van der Waals surface area contributed by atoms with Gasteiger partial charge in [0.15, 0.2) is 0 Å². The highest BCUT2D eigenvalue weighted by atomic mass is 32.1. The van der Waals surface area contributed by atoms with Crippen molar-refractivity contribution in [3.05, 3.63) is 38.8 Å². The molecule has 0 amide bonds. The van der Waals surface area contributed by atoms with Gasteiger partial charge < -0.3 is 5.11 Å². The normalized spacial score (nSPS) is 15.9. The van der Waals surface area contributed by atoms with Crippen molar-refractivity contribution in [3.8, 4) is 0 Å². The van der Waals surface area contributed by atoms with Crippen LogP contribution in [-0.4, -0.2) is 14.9 Å². The predicted octanol–water partition coefficient (Wildman–Crippen LogP) is 2.55. The molecule has 1 aliphatic carbocycles. The quantitative estimate of drug-likeness (QED) is 0.923. The topological polar surface area (TPSA) is 38.0 Å². The third-order valence-electron chi connectivity index (χ3n) is 3.60. The second kappa shape index (κ2) is 4.52. The van der Waals surface area contributed by atoms with Crippen LogP contribution in [0, 0.1) is 6.92 Å². The summed E-state index contributed by atoms with van der Waals surface area (Å²) in [6.07, 6.45) is 3.91. The van der Waals surface area contributed by atoms with Crippen molar-refractivity contribution >= 4 is 11.3 Å². The Bertz CT molecular complexity index is 549. The molecule has 3 nitrogen and oxygen atoms in total. The number of nitrogens with zero attached hydrogens (tertiary/aromatic N) is 2. The molecule has 1 atom stereocenters.